The lowest BCUT2D eigenvalue weighted by molar-refractivity contribution is -0.384. The molecule has 1 rings (SSSR count). The van der Waals surface area contributed by atoms with Gasteiger partial charge in [-0.05, 0) is 11.6 Å². The number of esters is 1. The minimum absolute atomic E-state index is 0.0651. The highest BCUT2D eigenvalue weighted by atomic mass is 16.6. The Morgan fingerprint density at radius 1 is 1.39 bits per heavy atom. The predicted molar refractivity (Wildman–Crippen MR) is 64.2 cm³/mol. The number of methoxy groups -OCH3 is 1. The van der Waals surface area contributed by atoms with Crippen LogP contribution in [-0.4, -0.2) is 24.3 Å². The molecule has 0 atom stereocenters. The van der Waals surface area contributed by atoms with E-state index in [1.165, 1.54) is 37.5 Å². The Hall–Kier alpha value is -2.50. The van der Waals surface area contributed by atoms with E-state index in [0.717, 1.165) is 0 Å². The third-order valence-corrected chi connectivity index (χ3v) is 2.13. The summed E-state index contributed by atoms with van der Waals surface area (Å²) in [6.45, 7) is 0. The van der Waals surface area contributed by atoms with Crippen molar-refractivity contribution in [1.29, 1.82) is 0 Å². The van der Waals surface area contributed by atoms with Crippen molar-refractivity contribution in [1.82, 2.24) is 0 Å². The van der Waals surface area contributed by atoms with Crippen molar-refractivity contribution in [2.45, 2.75) is 6.42 Å². The summed E-state index contributed by atoms with van der Waals surface area (Å²) in [7, 11) is 1.27. The zero-order valence-electron chi connectivity index (χ0n) is 9.66. The second-order valence-corrected chi connectivity index (χ2v) is 3.42. The molecule has 0 spiro atoms. The molecule has 1 aromatic rings. The van der Waals surface area contributed by atoms with Crippen LogP contribution < -0.4 is 0 Å². The van der Waals surface area contributed by atoms with Gasteiger partial charge in [-0.3, -0.25) is 19.7 Å². The van der Waals surface area contributed by atoms with Gasteiger partial charge in [0.2, 0.25) is 0 Å². The highest BCUT2D eigenvalue weighted by Crippen LogP contribution is 2.17. The Kier molecular flexibility index (Phi) is 4.74. The minimum Gasteiger partial charge on any atom is -0.469 e. The van der Waals surface area contributed by atoms with Crippen molar-refractivity contribution in [3.05, 3.63) is 45.5 Å². The molecule has 0 aliphatic rings. The molecule has 6 nitrogen and oxygen atoms in total. The fourth-order valence-corrected chi connectivity index (χ4v) is 1.30. The smallest absolute Gasteiger partial charge is 0.309 e. The number of non-ortho nitro benzene ring substituents is 1. The molecule has 0 bridgehead atoms. The van der Waals surface area contributed by atoms with Crippen LogP contribution in [0.2, 0.25) is 0 Å². The summed E-state index contributed by atoms with van der Waals surface area (Å²) in [5, 5.41) is 10.6. The van der Waals surface area contributed by atoms with E-state index >= 15 is 0 Å². The van der Waals surface area contributed by atoms with Gasteiger partial charge in [0.25, 0.3) is 5.69 Å². The maximum Gasteiger partial charge on any atom is 0.309 e. The van der Waals surface area contributed by atoms with E-state index < -0.39 is 10.9 Å². The first-order valence-electron chi connectivity index (χ1n) is 5.05. The number of hydrogen-bond donors (Lipinski definition) is 0. The SMILES string of the molecule is COC(=O)CC=Cc1cc(C=O)cc([N+](=O)[O-])c1. The van der Waals surface area contributed by atoms with E-state index in [4.69, 9.17) is 0 Å². The number of carbonyl (C=O) groups excluding carboxylic acids is 2. The van der Waals surface area contributed by atoms with E-state index in [9.17, 15) is 19.7 Å². The predicted octanol–water partition coefficient (Wildman–Crippen LogP) is 1.98. The average Bonchev–Trinajstić information content (AvgIpc) is 2.37. The van der Waals surface area contributed by atoms with Crippen LogP contribution in [0, 0.1) is 10.1 Å². The molecule has 94 valence electrons. The second kappa shape index (κ2) is 6.29. The quantitative estimate of drug-likeness (QED) is 0.344. The summed E-state index contributed by atoms with van der Waals surface area (Å²) in [5.41, 5.74) is 0.523. The van der Waals surface area contributed by atoms with Gasteiger partial charge in [0.05, 0.1) is 18.5 Å². The number of aldehydes is 1. The third kappa shape index (κ3) is 3.82. The number of nitro benzene ring substituents is 1. The molecule has 0 unspecified atom stereocenters. The maximum atomic E-state index is 10.9. The molecule has 0 aliphatic carbocycles. The molecule has 0 radical (unpaired) electrons. The lowest BCUT2D eigenvalue weighted by Crippen LogP contribution is -1.96. The number of rotatable bonds is 5. The van der Waals surface area contributed by atoms with E-state index in [-0.39, 0.29) is 17.7 Å². The van der Waals surface area contributed by atoms with Crippen LogP contribution in [0.15, 0.2) is 24.3 Å². The molecule has 6 heteroatoms. The Balaban J connectivity index is 2.94. The van der Waals surface area contributed by atoms with E-state index in [1.54, 1.807) is 0 Å². The number of ether oxygens (including phenoxy) is 1. The largest absolute Gasteiger partial charge is 0.469 e. The molecule has 18 heavy (non-hydrogen) atoms. The molecule has 0 saturated carbocycles. The van der Waals surface area contributed by atoms with Gasteiger partial charge < -0.3 is 4.74 Å². The van der Waals surface area contributed by atoms with Crippen LogP contribution >= 0.6 is 0 Å². The highest BCUT2D eigenvalue weighted by molar-refractivity contribution is 5.78. The second-order valence-electron chi connectivity index (χ2n) is 3.42. The van der Waals surface area contributed by atoms with E-state index in [0.29, 0.717) is 11.8 Å². The first kappa shape index (κ1) is 13.6. The van der Waals surface area contributed by atoms with Crippen LogP contribution in [0.1, 0.15) is 22.3 Å². The minimum atomic E-state index is -0.579. The fraction of sp³-hybridized carbons (Fsp3) is 0.167. The topological polar surface area (TPSA) is 86.5 Å². The van der Waals surface area contributed by atoms with Gasteiger partial charge in [-0.25, -0.2) is 0 Å². The summed E-state index contributed by atoms with van der Waals surface area (Å²) in [4.78, 5) is 31.6. The van der Waals surface area contributed by atoms with Crippen LogP contribution in [0.5, 0.6) is 0 Å². The Morgan fingerprint density at radius 3 is 2.61 bits per heavy atom. The first-order valence-corrected chi connectivity index (χ1v) is 5.05. The standard InChI is InChI=1S/C12H11NO5/c1-18-12(15)4-2-3-9-5-10(8-14)7-11(6-9)13(16)17/h2-3,5-8H,4H2,1H3. The summed E-state index contributed by atoms with van der Waals surface area (Å²) in [6, 6.07) is 4.00. The van der Waals surface area contributed by atoms with E-state index in [1.807, 2.05) is 0 Å². The van der Waals surface area contributed by atoms with Crippen molar-refractivity contribution in [2.75, 3.05) is 7.11 Å². The van der Waals surface area contributed by atoms with Crippen LogP contribution in [-0.2, 0) is 9.53 Å². The summed E-state index contributed by atoms with van der Waals surface area (Å²) in [6.07, 6.45) is 3.64. The number of benzene rings is 1. The molecule has 0 aliphatic heterocycles. The maximum absolute atomic E-state index is 10.9. The normalized spacial score (nSPS) is 10.3. The number of carbonyl (C=O) groups is 2. The van der Waals surface area contributed by atoms with Crippen LogP contribution in [0.4, 0.5) is 5.69 Å². The van der Waals surface area contributed by atoms with Gasteiger partial charge in [0.1, 0.15) is 6.29 Å². The molecule has 0 N–H and O–H groups in total. The number of nitro groups is 1. The Labute approximate surface area is 103 Å². The molecule has 0 fully saturated rings. The van der Waals surface area contributed by atoms with Gasteiger partial charge in [-0.1, -0.05) is 12.2 Å². The molecular formula is C12H11NO5. The summed E-state index contributed by atoms with van der Waals surface area (Å²) >= 11 is 0. The first-order chi connectivity index (χ1) is 8.56. The Morgan fingerprint density at radius 2 is 2.06 bits per heavy atom. The Bertz CT molecular complexity index is 507. The molecular weight excluding hydrogens is 238 g/mol. The number of hydrogen-bond acceptors (Lipinski definition) is 5. The van der Waals surface area contributed by atoms with Crippen molar-refractivity contribution < 1.29 is 19.2 Å². The number of nitrogens with zero attached hydrogens (tertiary/aromatic N) is 1. The monoisotopic (exact) mass is 249 g/mol. The van der Waals surface area contributed by atoms with Gasteiger partial charge >= 0.3 is 5.97 Å². The molecule has 0 aromatic heterocycles. The molecule has 0 amide bonds. The van der Waals surface area contributed by atoms with Crippen molar-refractivity contribution >= 4 is 24.0 Å². The van der Waals surface area contributed by atoms with Gasteiger partial charge in [-0.2, -0.15) is 0 Å². The summed E-state index contributed by atoms with van der Waals surface area (Å²) < 4.78 is 4.44. The van der Waals surface area contributed by atoms with Crippen LogP contribution in [0.25, 0.3) is 6.08 Å². The average molecular weight is 249 g/mol. The van der Waals surface area contributed by atoms with Gasteiger partial charge in [0, 0.05) is 17.7 Å². The third-order valence-electron chi connectivity index (χ3n) is 2.13. The van der Waals surface area contributed by atoms with E-state index in [2.05, 4.69) is 4.74 Å². The lowest BCUT2D eigenvalue weighted by atomic mass is 10.1. The van der Waals surface area contributed by atoms with Crippen molar-refractivity contribution in [3.63, 3.8) is 0 Å². The zero-order valence-corrected chi connectivity index (χ0v) is 9.66. The zero-order chi connectivity index (χ0) is 13.5. The van der Waals surface area contributed by atoms with Crippen molar-refractivity contribution in [2.24, 2.45) is 0 Å². The molecule has 0 heterocycles. The molecule has 0 saturated heterocycles. The van der Waals surface area contributed by atoms with Crippen LogP contribution in [0.3, 0.4) is 0 Å². The lowest BCUT2D eigenvalue weighted by Gasteiger charge is -1.97. The van der Waals surface area contributed by atoms with Gasteiger partial charge in [0.15, 0.2) is 0 Å². The molecule has 1 aromatic carbocycles. The fourth-order valence-electron chi connectivity index (χ4n) is 1.30. The summed E-state index contributed by atoms with van der Waals surface area (Å²) in [5.74, 6) is -0.410. The van der Waals surface area contributed by atoms with Gasteiger partial charge in [-0.15, -0.1) is 0 Å². The van der Waals surface area contributed by atoms with Crippen molar-refractivity contribution in [3.8, 4) is 0 Å². The highest BCUT2D eigenvalue weighted by Gasteiger charge is 2.08.